The zero-order chi connectivity index (χ0) is 12.7. The highest BCUT2D eigenvalue weighted by atomic mass is 35.5. The monoisotopic (exact) mass is 262 g/mol. The minimum absolute atomic E-state index is 0.0364. The lowest BCUT2D eigenvalue weighted by Gasteiger charge is -1.98. The maximum absolute atomic E-state index is 13.8. The molecule has 0 atom stereocenters. The average Bonchev–Trinajstić information content (AvgIpc) is 2.75. The topological polar surface area (TPSA) is 52.0 Å². The zero-order valence-corrected chi connectivity index (χ0v) is 9.91. The minimum Gasteiger partial charge on any atom is -0.436 e. The van der Waals surface area contributed by atoms with Crippen LogP contribution < -0.4 is 5.73 Å². The van der Waals surface area contributed by atoms with Gasteiger partial charge in [-0.25, -0.2) is 9.37 Å². The number of nitrogen functional groups attached to an aromatic ring is 1. The molecule has 1 aromatic heterocycles. The number of nitrogens with zero attached hydrogens (tertiary/aromatic N) is 1. The van der Waals surface area contributed by atoms with Crippen LogP contribution >= 0.6 is 11.6 Å². The lowest BCUT2D eigenvalue weighted by atomic mass is 10.2. The summed E-state index contributed by atoms with van der Waals surface area (Å²) in [6, 6.07) is 9.75. The summed E-state index contributed by atoms with van der Waals surface area (Å²) in [6.45, 7) is 0. The Bertz CT molecular complexity index is 739. The summed E-state index contributed by atoms with van der Waals surface area (Å²) < 4.78 is 19.3. The number of halogens is 2. The van der Waals surface area contributed by atoms with Crippen LogP contribution in [0.25, 0.3) is 22.6 Å². The van der Waals surface area contributed by atoms with Crippen LogP contribution in [-0.2, 0) is 0 Å². The van der Waals surface area contributed by atoms with Crippen molar-refractivity contribution in [2.24, 2.45) is 0 Å². The van der Waals surface area contributed by atoms with E-state index in [0.29, 0.717) is 16.8 Å². The smallest absolute Gasteiger partial charge is 0.230 e. The van der Waals surface area contributed by atoms with E-state index in [-0.39, 0.29) is 16.5 Å². The fraction of sp³-hybridized carbons (Fsp3) is 0. The highest BCUT2D eigenvalue weighted by molar-refractivity contribution is 6.31. The summed E-state index contributed by atoms with van der Waals surface area (Å²) in [4.78, 5) is 4.20. The number of hydrogen-bond acceptors (Lipinski definition) is 3. The van der Waals surface area contributed by atoms with Crippen molar-refractivity contribution in [2.75, 3.05) is 5.73 Å². The van der Waals surface area contributed by atoms with Crippen molar-refractivity contribution in [2.45, 2.75) is 0 Å². The summed E-state index contributed by atoms with van der Waals surface area (Å²) in [5.41, 5.74) is 7.60. The summed E-state index contributed by atoms with van der Waals surface area (Å²) in [5, 5.41) is 0.0364. The molecule has 3 nitrogen and oxygen atoms in total. The van der Waals surface area contributed by atoms with Gasteiger partial charge in [-0.05, 0) is 30.3 Å². The molecule has 0 fully saturated rings. The third-order valence-corrected chi connectivity index (χ3v) is 2.89. The molecule has 2 aromatic carbocycles. The van der Waals surface area contributed by atoms with Crippen LogP contribution in [0.4, 0.5) is 10.1 Å². The third kappa shape index (κ3) is 1.71. The van der Waals surface area contributed by atoms with Gasteiger partial charge in [-0.15, -0.1) is 0 Å². The van der Waals surface area contributed by atoms with Gasteiger partial charge in [-0.2, -0.15) is 0 Å². The standard InChI is InChI=1S/C13H8ClFN2O/c14-9-3-1-2-8(12(9)15)13-17-10-6-7(16)4-5-11(10)18-13/h1-6H,16H2. The molecule has 0 bridgehead atoms. The fourth-order valence-electron chi connectivity index (χ4n) is 1.73. The average molecular weight is 263 g/mol. The Morgan fingerprint density at radius 1 is 1.22 bits per heavy atom. The molecule has 90 valence electrons. The number of aromatic nitrogens is 1. The highest BCUT2D eigenvalue weighted by Gasteiger charge is 2.14. The van der Waals surface area contributed by atoms with E-state index in [1.54, 1.807) is 30.3 Å². The van der Waals surface area contributed by atoms with Crippen molar-refractivity contribution in [1.82, 2.24) is 4.98 Å². The third-order valence-electron chi connectivity index (χ3n) is 2.59. The van der Waals surface area contributed by atoms with Gasteiger partial charge in [0.25, 0.3) is 0 Å². The first-order valence-electron chi connectivity index (χ1n) is 5.25. The van der Waals surface area contributed by atoms with Crippen LogP contribution in [-0.4, -0.2) is 4.98 Å². The normalized spacial score (nSPS) is 11.0. The molecule has 0 spiro atoms. The summed E-state index contributed by atoms with van der Waals surface area (Å²) >= 11 is 5.72. The molecule has 0 saturated heterocycles. The molecule has 18 heavy (non-hydrogen) atoms. The summed E-state index contributed by atoms with van der Waals surface area (Å²) in [7, 11) is 0. The molecule has 1 heterocycles. The first kappa shape index (κ1) is 11.0. The van der Waals surface area contributed by atoms with Gasteiger partial charge < -0.3 is 10.2 Å². The quantitative estimate of drug-likeness (QED) is 0.677. The Hall–Kier alpha value is -2.07. The van der Waals surface area contributed by atoms with Gasteiger partial charge in [0, 0.05) is 5.69 Å². The number of rotatable bonds is 1. The molecular formula is C13H8ClFN2O. The van der Waals surface area contributed by atoms with Gasteiger partial charge in [0.05, 0.1) is 10.6 Å². The summed E-state index contributed by atoms with van der Waals surface area (Å²) in [5.74, 6) is -0.353. The van der Waals surface area contributed by atoms with E-state index >= 15 is 0 Å². The molecular weight excluding hydrogens is 255 g/mol. The molecule has 0 saturated carbocycles. The van der Waals surface area contributed by atoms with Crippen molar-refractivity contribution < 1.29 is 8.81 Å². The Labute approximate surface area is 107 Å². The molecule has 0 unspecified atom stereocenters. The van der Waals surface area contributed by atoms with E-state index in [1.807, 2.05) is 0 Å². The van der Waals surface area contributed by atoms with Crippen LogP contribution in [0, 0.1) is 5.82 Å². The van der Waals surface area contributed by atoms with Gasteiger partial charge in [-0.1, -0.05) is 17.7 Å². The van der Waals surface area contributed by atoms with Gasteiger partial charge in [0.2, 0.25) is 5.89 Å². The van der Waals surface area contributed by atoms with E-state index in [0.717, 1.165) is 0 Å². The highest BCUT2D eigenvalue weighted by Crippen LogP contribution is 2.30. The van der Waals surface area contributed by atoms with E-state index in [9.17, 15) is 4.39 Å². The predicted molar refractivity (Wildman–Crippen MR) is 68.8 cm³/mol. The van der Waals surface area contributed by atoms with Crippen molar-refractivity contribution in [3.63, 3.8) is 0 Å². The predicted octanol–water partition coefficient (Wildman–Crippen LogP) is 3.87. The molecule has 0 aliphatic rings. The fourth-order valence-corrected chi connectivity index (χ4v) is 1.90. The lowest BCUT2D eigenvalue weighted by Crippen LogP contribution is -1.85. The maximum atomic E-state index is 13.8. The van der Waals surface area contributed by atoms with Gasteiger partial charge in [0.1, 0.15) is 5.52 Å². The number of benzene rings is 2. The molecule has 3 aromatic rings. The number of oxazole rings is 1. The number of anilines is 1. The Balaban J connectivity index is 2.22. The second-order valence-electron chi connectivity index (χ2n) is 3.85. The van der Waals surface area contributed by atoms with Crippen molar-refractivity contribution in [3.05, 3.63) is 47.2 Å². The zero-order valence-electron chi connectivity index (χ0n) is 9.15. The van der Waals surface area contributed by atoms with Crippen LogP contribution in [0.5, 0.6) is 0 Å². The Morgan fingerprint density at radius 2 is 2.06 bits per heavy atom. The first-order chi connectivity index (χ1) is 8.65. The minimum atomic E-state index is -0.543. The van der Waals surface area contributed by atoms with E-state index in [2.05, 4.69) is 4.98 Å². The maximum Gasteiger partial charge on any atom is 0.230 e. The van der Waals surface area contributed by atoms with Gasteiger partial charge >= 0.3 is 0 Å². The van der Waals surface area contributed by atoms with Crippen LogP contribution in [0.2, 0.25) is 5.02 Å². The SMILES string of the molecule is Nc1ccc2oc(-c3cccc(Cl)c3F)nc2c1. The van der Waals surface area contributed by atoms with E-state index in [1.165, 1.54) is 6.07 Å². The van der Waals surface area contributed by atoms with Crippen molar-refractivity contribution >= 4 is 28.4 Å². The molecule has 0 aliphatic heterocycles. The van der Waals surface area contributed by atoms with Crippen LogP contribution in [0.15, 0.2) is 40.8 Å². The second kappa shape index (κ2) is 3.99. The van der Waals surface area contributed by atoms with E-state index < -0.39 is 5.82 Å². The van der Waals surface area contributed by atoms with Gasteiger partial charge in [-0.3, -0.25) is 0 Å². The molecule has 0 aliphatic carbocycles. The largest absolute Gasteiger partial charge is 0.436 e. The van der Waals surface area contributed by atoms with Gasteiger partial charge in [0.15, 0.2) is 11.4 Å². The lowest BCUT2D eigenvalue weighted by molar-refractivity contribution is 0.594. The van der Waals surface area contributed by atoms with Crippen LogP contribution in [0.1, 0.15) is 0 Å². The van der Waals surface area contributed by atoms with Crippen molar-refractivity contribution in [3.8, 4) is 11.5 Å². The molecule has 5 heteroatoms. The second-order valence-corrected chi connectivity index (χ2v) is 4.25. The Kier molecular flexibility index (Phi) is 2.45. The summed E-state index contributed by atoms with van der Waals surface area (Å²) in [6.07, 6.45) is 0. The molecule has 2 N–H and O–H groups in total. The number of hydrogen-bond donors (Lipinski definition) is 1. The van der Waals surface area contributed by atoms with E-state index in [4.69, 9.17) is 21.8 Å². The Morgan fingerprint density at radius 3 is 2.89 bits per heavy atom. The first-order valence-corrected chi connectivity index (χ1v) is 5.63. The number of nitrogens with two attached hydrogens (primary N) is 1. The number of fused-ring (bicyclic) bond motifs is 1. The molecule has 3 rings (SSSR count). The molecule has 0 radical (unpaired) electrons. The molecule has 0 amide bonds. The van der Waals surface area contributed by atoms with Crippen LogP contribution in [0.3, 0.4) is 0 Å². The van der Waals surface area contributed by atoms with Crippen molar-refractivity contribution in [1.29, 1.82) is 0 Å².